The molecule has 2 N–H and O–H groups in total. The van der Waals surface area contributed by atoms with Gasteiger partial charge in [0.25, 0.3) is 20.0 Å². The van der Waals surface area contributed by atoms with Crippen molar-refractivity contribution in [3.63, 3.8) is 0 Å². The molecule has 0 saturated heterocycles. The molecule has 1 heterocycles. The Kier molecular flexibility index (Phi) is 4.99. The molecular formula is C16H13FN2O4S3. The van der Waals surface area contributed by atoms with Crippen molar-refractivity contribution in [3.05, 3.63) is 71.9 Å². The number of benzene rings is 2. The van der Waals surface area contributed by atoms with Gasteiger partial charge in [-0.15, -0.1) is 11.3 Å². The van der Waals surface area contributed by atoms with E-state index >= 15 is 0 Å². The molecule has 10 heteroatoms. The molecule has 0 aliphatic rings. The van der Waals surface area contributed by atoms with E-state index in [9.17, 15) is 21.2 Å². The number of para-hydroxylation sites is 2. The van der Waals surface area contributed by atoms with Crippen LogP contribution in [0.5, 0.6) is 0 Å². The molecule has 26 heavy (non-hydrogen) atoms. The van der Waals surface area contributed by atoms with Crippen molar-refractivity contribution in [2.75, 3.05) is 9.44 Å². The number of sulfonamides is 2. The minimum atomic E-state index is -4.01. The molecule has 6 nitrogen and oxygen atoms in total. The molecule has 0 aliphatic carbocycles. The van der Waals surface area contributed by atoms with Crippen LogP contribution in [0.25, 0.3) is 0 Å². The third kappa shape index (κ3) is 4.03. The summed E-state index contributed by atoms with van der Waals surface area (Å²) in [5.41, 5.74) is 0.128. The Bertz CT molecular complexity index is 1110. The van der Waals surface area contributed by atoms with Gasteiger partial charge in [-0.25, -0.2) is 21.2 Å². The van der Waals surface area contributed by atoms with Crippen molar-refractivity contribution in [3.8, 4) is 0 Å². The largest absolute Gasteiger partial charge is 0.277 e. The number of hydrogen-bond acceptors (Lipinski definition) is 5. The van der Waals surface area contributed by atoms with Crippen LogP contribution in [0.2, 0.25) is 0 Å². The van der Waals surface area contributed by atoms with Gasteiger partial charge in [-0.3, -0.25) is 9.44 Å². The lowest BCUT2D eigenvalue weighted by Gasteiger charge is -2.14. The van der Waals surface area contributed by atoms with Gasteiger partial charge in [0.15, 0.2) is 0 Å². The normalized spacial score (nSPS) is 11.9. The number of halogens is 1. The van der Waals surface area contributed by atoms with E-state index < -0.39 is 25.9 Å². The predicted molar refractivity (Wildman–Crippen MR) is 98.8 cm³/mol. The topological polar surface area (TPSA) is 92.3 Å². The van der Waals surface area contributed by atoms with Gasteiger partial charge in [-0.05, 0) is 47.8 Å². The summed E-state index contributed by atoms with van der Waals surface area (Å²) in [7, 11) is -7.85. The van der Waals surface area contributed by atoms with Crippen molar-refractivity contribution in [2.24, 2.45) is 0 Å². The first-order valence-electron chi connectivity index (χ1n) is 7.22. The maximum atomic E-state index is 13.0. The molecule has 3 aromatic rings. The lowest BCUT2D eigenvalue weighted by molar-refractivity contribution is 0.598. The number of thiophene rings is 1. The second-order valence-corrected chi connectivity index (χ2v) is 9.68. The Morgan fingerprint density at radius 2 is 1.31 bits per heavy atom. The quantitative estimate of drug-likeness (QED) is 0.648. The fraction of sp³-hybridized carbons (Fsp3) is 0. The number of hydrogen-bond donors (Lipinski definition) is 2. The van der Waals surface area contributed by atoms with E-state index in [1.807, 2.05) is 0 Å². The lowest BCUT2D eigenvalue weighted by atomic mass is 10.3. The highest BCUT2D eigenvalue weighted by Gasteiger charge is 2.20. The van der Waals surface area contributed by atoms with Crippen molar-refractivity contribution in [1.82, 2.24) is 0 Å². The van der Waals surface area contributed by atoms with Crippen LogP contribution in [-0.4, -0.2) is 16.8 Å². The Balaban J connectivity index is 1.91. The van der Waals surface area contributed by atoms with Gasteiger partial charge in [0.2, 0.25) is 0 Å². The minimum absolute atomic E-state index is 0.0527. The SMILES string of the molecule is O=S(=O)(Nc1ccccc1NS(=O)(=O)c1cccs1)c1ccc(F)cc1. The molecule has 0 amide bonds. The van der Waals surface area contributed by atoms with Gasteiger partial charge in [0, 0.05) is 0 Å². The summed E-state index contributed by atoms with van der Waals surface area (Å²) in [5, 5.41) is 1.62. The van der Waals surface area contributed by atoms with Gasteiger partial charge in [-0.2, -0.15) is 0 Å². The van der Waals surface area contributed by atoms with Gasteiger partial charge in [0.1, 0.15) is 10.0 Å². The van der Waals surface area contributed by atoms with E-state index in [-0.39, 0.29) is 20.5 Å². The minimum Gasteiger partial charge on any atom is -0.277 e. The van der Waals surface area contributed by atoms with Crippen LogP contribution < -0.4 is 9.44 Å². The Morgan fingerprint density at radius 3 is 1.85 bits per heavy atom. The summed E-state index contributed by atoms with van der Waals surface area (Å²) in [4.78, 5) is -0.144. The summed E-state index contributed by atoms with van der Waals surface area (Å²) in [6.45, 7) is 0. The van der Waals surface area contributed by atoms with E-state index in [4.69, 9.17) is 0 Å². The molecule has 0 saturated carbocycles. The molecule has 0 bridgehead atoms. The standard InChI is InChI=1S/C16H13FN2O4S3/c17-12-7-9-13(10-8-12)25(20,21)18-14-4-1-2-5-15(14)19-26(22,23)16-6-3-11-24-16/h1-11,18-19H. The highest BCUT2D eigenvalue weighted by atomic mass is 32.2. The van der Waals surface area contributed by atoms with E-state index in [0.717, 1.165) is 35.6 Å². The van der Waals surface area contributed by atoms with Crippen LogP contribution in [0.3, 0.4) is 0 Å². The Hall–Kier alpha value is -2.43. The molecule has 1 aromatic heterocycles. The zero-order valence-corrected chi connectivity index (χ0v) is 15.5. The number of nitrogens with one attached hydrogen (secondary N) is 2. The molecule has 3 rings (SSSR count). The molecule has 0 spiro atoms. The predicted octanol–water partition coefficient (Wildman–Crippen LogP) is 3.49. The van der Waals surface area contributed by atoms with Gasteiger partial charge >= 0.3 is 0 Å². The van der Waals surface area contributed by atoms with E-state index in [0.29, 0.717) is 0 Å². The van der Waals surface area contributed by atoms with Crippen molar-refractivity contribution in [2.45, 2.75) is 9.10 Å². The fourth-order valence-corrected chi connectivity index (χ4v) is 5.24. The second-order valence-electron chi connectivity index (χ2n) is 5.14. The second kappa shape index (κ2) is 7.06. The molecule has 0 unspecified atom stereocenters. The van der Waals surface area contributed by atoms with Gasteiger partial charge < -0.3 is 0 Å². The van der Waals surface area contributed by atoms with E-state index in [1.54, 1.807) is 23.6 Å². The molecule has 136 valence electrons. The fourth-order valence-electron chi connectivity index (χ4n) is 2.09. The molecule has 0 radical (unpaired) electrons. The average molecular weight is 412 g/mol. The number of rotatable bonds is 6. The van der Waals surface area contributed by atoms with Crippen molar-refractivity contribution in [1.29, 1.82) is 0 Å². The van der Waals surface area contributed by atoms with Gasteiger partial charge in [0.05, 0.1) is 16.3 Å². The highest BCUT2D eigenvalue weighted by molar-refractivity contribution is 7.94. The monoisotopic (exact) mass is 412 g/mol. The zero-order valence-electron chi connectivity index (χ0n) is 13.1. The molecule has 0 fully saturated rings. The lowest BCUT2D eigenvalue weighted by Crippen LogP contribution is -2.17. The van der Waals surface area contributed by atoms with Gasteiger partial charge in [-0.1, -0.05) is 18.2 Å². The molecule has 0 atom stereocenters. The third-order valence-corrected chi connectivity index (χ3v) is 7.44. The van der Waals surface area contributed by atoms with Crippen LogP contribution in [-0.2, 0) is 20.0 Å². The van der Waals surface area contributed by atoms with Crippen LogP contribution in [0.4, 0.5) is 15.8 Å². The summed E-state index contributed by atoms with van der Waals surface area (Å²) < 4.78 is 67.4. The summed E-state index contributed by atoms with van der Waals surface area (Å²) in [6.07, 6.45) is 0. The van der Waals surface area contributed by atoms with E-state index in [1.165, 1.54) is 18.2 Å². The van der Waals surface area contributed by atoms with Crippen LogP contribution >= 0.6 is 11.3 Å². The average Bonchev–Trinajstić information content (AvgIpc) is 3.12. The summed E-state index contributed by atoms with van der Waals surface area (Å²) in [6, 6.07) is 13.3. The van der Waals surface area contributed by atoms with Crippen molar-refractivity contribution < 1.29 is 21.2 Å². The Labute approximate surface area is 154 Å². The molecule has 0 aliphatic heterocycles. The van der Waals surface area contributed by atoms with Crippen LogP contribution in [0.1, 0.15) is 0 Å². The Morgan fingerprint density at radius 1 is 0.731 bits per heavy atom. The third-order valence-electron chi connectivity index (χ3n) is 3.30. The first-order valence-corrected chi connectivity index (χ1v) is 11.1. The number of anilines is 2. The summed E-state index contributed by atoms with van der Waals surface area (Å²) in [5.74, 6) is -0.562. The highest BCUT2D eigenvalue weighted by Crippen LogP contribution is 2.28. The first kappa shape index (κ1) is 18.4. The molecular weight excluding hydrogens is 399 g/mol. The van der Waals surface area contributed by atoms with Crippen molar-refractivity contribution >= 4 is 42.8 Å². The maximum absolute atomic E-state index is 13.0. The maximum Gasteiger partial charge on any atom is 0.271 e. The molecule has 2 aromatic carbocycles. The van der Waals surface area contributed by atoms with Crippen LogP contribution in [0, 0.1) is 5.82 Å². The zero-order chi connectivity index (χ0) is 18.8. The van der Waals surface area contributed by atoms with E-state index in [2.05, 4.69) is 9.44 Å². The smallest absolute Gasteiger partial charge is 0.271 e. The first-order chi connectivity index (χ1) is 12.3. The van der Waals surface area contributed by atoms with Crippen LogP contribution in [0.15, 0.2) is 75.1 Å². The summed E-state index contributed by atoms with van der Waals surface area (Å²) >= 11 is 1.04.